The molecule has 4 rings (SSSR count). The second-order valence-electron chi connectivity index (χ2n) is 8.52. The molecule has 3 aromatic carbocycles. The Balaban J connectivity index is 0.00000216. The van der Waals surface area contributed by atoms with E-state index in [1.165, 1.54) is 17.1 Å². The SMILES string of the molecule is CC.CCc1nnc(/C(=C(\C)c2ccc(Cl)cc2)c2ccc(Cl)cc2)n1N(C=O)Cc1ccc(C(F)(F)F)cc1. The summed E-state index contributed by atoms with van der Waals surface area (Å²) in [5, 5.41) is 11.3. The molecule has 1 heterocycles. The maximum atomic E-state index is 13.0. The molecule has 1 aromatic heterocycles. The first-order chi connectivity index (χ1) is 19.1. The van der Waals surface area contributed by atoms with Crippen LogP contribution in [-0.4, -0.2) is 21.3 Å². The molecule has 0 saturated carbocycles. The van der Waals surface area contributed by atoms with Crippen molar-refractivity contribution in [3.8, 4) is 0 Å². The maximum Gasteiger partial charge on any atom is 0.416 e. The molecule has 4 aromatic rings. The summed E-state index contributed by atoms with van der Waals surface area (Å²) in [4.78, 5) is 12.4. The van der Waals surface area contributed by atoms with Crippen molar-refractivity contribution in [1.29, 1.82) is 0 Å². The molecule has 0 atom stereocenters. The van der Waals surface area contributed by atoms with Crippen molar-refractivity contribution in [1.82, 2.24) is 14.9 Å². The number of nitrogens with zero attached hydrogens (tertiary/aromatic N) is 4. The number of allylic oxidation sites excluding steroid dienone is 1. The Morgan fingerprint density at radius 2 is 1.40 bits per heavy atom. The van der Waals surface area contributed by atoms with E-state index in [9.17, 15) is 18.0 Å². The Morgan fingerprint density at radius 3 is 1.88 bits per heavy atom. The van der Waals surface area contributed by atoms with Gasteiger partial charge in [0, 0.05) is 22.0 Å². The van der Waals surface area contributed by atoms with Crippen LogP contribution in [0, 0.1) is 0 Å². The van der Waals surface area contributed by atoms with Gasteiger partial charge in [-0.05, 0) is 65.6 Å². The van der Waals surface area contributed by atoms with Gasteiger partial charge in [0.15, 0.2) is 11.6 Å². The van der Waals surface area contributed by atoms with Gasteiger partial charge >= 0.3 is 6.18 Å². The van der Waals surface area contributed by atoms with Gasteiger partial charge in [-0.15, -0.1) is 10.2 Å². The number of carbonyl (C=O) groups excluding carboxylic acids is 1. The topological polar surface area (TPSA) is 51.0 Å². The van der Waals surface area contributed by atoms with Crippen molar-refractivity contribution in [2.45, 2.75) is 46.8 Å². The third kappa shape index (κ3) is 7.11. The molecular weight excluding hydrogens is 560 g/mol. The van der Waals surface area contributed by atoms with Gasteiger partial charge in [-0.2, -0.15) is 13.2 Å². The van der Waals surface area contributed by atoms with E-state index in [0.717, 1.165) is 28.8 Å². The van der Waals surface area contributed by atoms with Gasteiger partial charge in [0.1, 0.15) is 0 Å². The quantitative estimate of drug-likeness (QED) is 0.153. The predicted molar refractivity (Wildman–Crippen MR) is 155 cm³/mol. The zero-order chi connectivity index (χ0) is 29.4. The lowest BCUT2D eigenvalue weighted by molar-refractivity contribution is -0.137. The van der Waals surface area contributed by atoms with Gasteiger partial charge in [0.25, 0.3) is 0 Å². The van der Waals surface area contributed by atoms with Crippen molar-refractivity contribution < 1.29 is 18.0 Å². The minimum absolute atomic E-state index is 0.00751. The lowest BCUT2D eigenvalue weighted by atomic mass is 9.95. The minimum Gasteiger partial charge on any atom is -0.277 e. The number of benzene rings is 3. The van der Waals surface area contributed by atoms with E-state index in [2.05, 4.69) is 10.2 Å². The molecule has 210 valence electrons. The fourth-order valence-electron chi connectivity index (χ4n) is 4.07. The highest BCUT2D eigenvalue weighted by atomic mass is 35.5. The number of aryl methyl sites for hydroxylation is 1. The van der Waals surface area contributed by atoms with E-state index in [1.54, 1.807) is 28.9 Å². The molecule has 0 spiro atoms. The first kappa shape index (κ1) is 30.9. The van der Waals surface area contributed by atoms with Crippen molar-refractivity contribution >= 4 is 40.8 Å². The fraction of sp³-hybridized carbons (Fsp3) is 0.233. The highest BCUT2D eigenvalue weighted by molar-refractivity contribution is 6.31. The molecule has 0 unspecified atom stereocenters. The van der Waals surface area contributed by atoms with Crippen LogP contribution in [0.15, 0.2) is 72.8 Å². The molecular formula is C30H29Cl2F3N4O. The normalized spacial score (nSPS) is 11.8. The van der Waals surface area contributed by atoms with Crippen molar-refractivity contribution in [3.63, 3.8) is 0 Å². The van der Waals surface area contributed by atoms with Crippen LogP contribution in [0.1, 0.15) is 61.6 Å². The molecule has 0 aliphatic carbocycles. The number of hydrogen-bond donors (Lipinski definition) is 0. The van der Waals surface area contributed by atoms with Crippen LogP contribution in [0.2, 0.25) is 10.0 Å². The third-order valence-electron chi connectivity index (χ3n) is 6.03. The Morgan fingerprint density at radius 1 is 0.875 bits per heavy atom. The van der Waals surface area contributed by atoms with Crippen molar-refractivity contribution in [2.24, 2.45) is 0 Å². The molecule has 1 amide bonds. The lowest BCUT2D eigenvalue weighted by Crippen LogP contribution is -2.35. The highest BCUT2D eigenvalue weighted by Crippen LogP contribution is 2.33. The number of halogens is 5. The summed E-state index contributed by atoms with van der Waals surface area (Å²) in [6, 6.07) is 19.2. The number of carbonyl (C=O) groups is 1. The summed E-state index contributed by atoms with van der Waals surface area (Å²) >= 11 is 12.2. The van der Waals surface area contributed by atoms with Gasteiger partial charge < -0.3 is 0 Å². The summed E-state index contributed by atoms with van der Waals surface area (Å²) in [7, 11) is 0. The zero-order valence-corrected chi connectivity index (χ0v) is 24.0. The Bertz CT molecular complexity index is 1450. The van der Waals surface area contributed by atoms with Crippen LogP contribution in [-0.2, 0) is 23.9 Å². The molecule has 10 heteroatoms. The Hall–Kier alpha value is -3.62. The van der Waals surface area contributed by atoms with Crippen LogP contribution in [0.5, 0.6) is 0 Å². The van der Waals surface area contributed by atoms with Crippen LogP contribution < -0.4 is 5.01 Å². The van der Waals surface area contributed by atoms with E-state index >= 15 is 0 Å². The van der Waals surface area contributed by atoms with E-state index in [0.29, 0.717) is 45.7 Å². The largest absolute Gasteiger partial charge is 0.416 e. The van der Waals surface area contributed by atoms with E-state index in [-0.39, 0.29) is 6.54 Å². The molecule has 0 bridgehead atoms. The average molecular weight is 589 g/mol. The van der Waals surface area contributed by atoms with Gasteiger partial charge in [0.2, 0.25) is 6.41 Å². The molecule has 0 fully saturated rings. The van der Waals surface area contributed by atoms with Crippen molar-refractivity contribution in [2.75, 3.05) is 5.01 Å². The number of alkyl halides is 3. The average Bonchev–Trinajstić information content (AvgIpc) is 3.37. The number of aromatic nitrogens is 3. The molecule has 0 aliphatic rings. The lowest BCUT2D eigenvalue weighted by Gasteiger charge is -2.24. The molecule has 0 N–H and O–H groups in total. The monoisotopic (exact) mass is 588 g/mol. The van der Waals surface area contributed by atoms with E-state index < -0.39 is 11.7 Å². The Labute approximate surface area is 241 Å². The third-order valence-corrected chi connectivity index (χ3v) is 6.54. The summed E-state index contributed by atoms with van der Waals surface area (Å²) in [5.41, 5.74) is 2.98. The number of hydrogen-bond acceptors (Lipinski definition) is 3. The van der Waals surface area contributed by atoms with Crippen molar-refractivity contribution in [3.05, 3.63) is 117 Å². The van der Waals surface area contributed by atoms with Gasteiger partial charge in [-0.1, -0.05) is 80.4 Å². The smallest absolute Gasteiger partial charge is 0.277 e. The van der Waals surface area contributed by atoms with Crippen LogP contribution >= 0.6 is 23.2 Å². The molecule has 0 aliphatic heterocycles. The van der Waals surface area contributed by atoms with E-state index in [4.69, 9.17) is 23.2 Å². The van der Waals surface area contributed by atoms with Gasteiger partial charge in [-0.25, -0.2) is 9.69 Å². The van der Waals surface area contributed by atoms with Crippen LogP contribution in [0.4, 0.5) is 13.2 Å². The minimum atomic E-state index is -4.45. The van der Waals surface area contributed by atoms with E-state index in [1.807, 2.05) is 52.0 Å². The summed E-state index contributed by atoms with van der Waals surface area (Å²) in [6.07, 6.45) is -3.38. The highest BCUT2D eigenvalue weighted by Gasteiger charge is 2.30. The predicted octanol–water partition coefficient (Wildman–Crippen LogP) is 8.47. The second-order valence-corrected chi connectivity index (χ2v) is 9.39. The Kier molecular flexibility index (Phi) is 10.5. The molecule has 5 nitrogen and oxygen atoms in total. The fourth-order valence-corrected chi connectivity index (χ4v) is 4.33. The molecule has 40 heavy (non-hydrogen) atoms. The maximum absolute atomic E-state index is 13.0. The second kappa shape index (κ2) is 13.6. The number of rotatable bonds is 8. The number of amides is 1. The zero-order valence-electron chi connectivity index (χ0n) is 22.5. The molecule has 0 radical (unpaired) electrons. The summed E-state index contributed by atoms with van der Waals surface area (Å²) in [5.74, 6) is 0.907. The first-order valence-corrected chi connectivity index (χ1v) is 13.4. The summed E-state index contributed by atoms with van der Waals surface area (Å²) < 4.78 is 40.7. The van der Waals surface area contributed by atoms with Crippen LogP contribution in [0.3, 0.4) is 0 Å². The van der Waals surface area contributed by atoms with Crippen LogP contribution in [0.25, 0.3) is 11.1 Å². The molecule has 0 saturated heterocycles. The summed E-state index contributed by atoms with van der Waals surface area (Å²) in [6.45, 7) is 7.82. The standard InChI is InChI=1S/C28H23Cl2F3N4O.C2H6/c1-3-25-34-35-27(37(25)36(17-38)16-19-4-10-22(11-5-19)28(31,32)33)26(21-8-14-24(30)15-9-21)18(2)20-6-12-23(29)13-7-20;1-2/h4-15,17H,3,16H2,1-2H3;1-2H3/b26-18+;. The van der Waals surface area contributed by atoms with Gasteiger partial charge in [0.05, 0.1) is 12.1 Å². The first-order valence-electron chi connectivity index (χ1n) is 12.7. The van der Waals surface area contributed by atoms with Gasteiger partial charge in [-0.3, -0.25) is 4.79 Å².